The second-order valence-corrected chi connectivity index (χ2v) is 6.78. The van der Waals surface area contributed by atoms with Gasteiger partial charge in [-0.15, -0.1) is 0 Å². The van der Waals surface area contributed by atoms with E-state index in [0.29, 0.717) is 0 Å². The molecule has 1 aliphatic heterocycles. The third kappa shape index (κ3) is 4.40. The molecule has 0 amide bonds. The number of alkyl halides is 3. The highest BCUT2D eigenvalue weighted by molar-refractivity contribution is 6.84. The highest BCUT2D eigenvalue weighted by atomic mass is 19.4. The van der Waals surface area contributed by atoms with Gasteiger partial charge in [0.1, 0.15) is 0 Å². The van der Waals surface area contributed by atoms with Crippen molar-refractivity contribution >= 4 is 24.3 Å². The Morgan fingerprint density at radius 3 is 2.57 bits per heavy atom. The molecule has 0 aliphatic carbocycles. The molecule has 2 aromatic rings. The number of para-hydroxylation sites is 1. The van der Waals surface area contributed by atoms with Crippen molar-refractivity contribution in [3.05, 3.63) is 71.3 Å². The summed E-state index contributed by atoms with van der Waals surface area (Å²) in [5, 5.41) is 6.71. The maximum absolute atomic E-state index is 13.5. The Morgan fingerprint density at radius 2 is 1.86 bits per heavy atom. The van der Waals surface area contributed by atoms with Gasteiger partial charge in [0.15, 0.2) is 0 Å². The van der Waals surface area contributed by atoms with Crippen LogP contribution in [-0.4, -0.2) is 20.0 Å². The molecular formula is C21H23BF3N3. The van der Waals surface area contributed by atoms with E-state index < -0.39 is 17.8 Å². The lowest BCUT2D eigenvalue weighted by Crippen LogP contribution is -2.36. The molecule has 0 saturated carbocycles. The first kappa shape index (κ1) is 20.0. The first-order chi connectivity index (χ1) is 13.4. The summed E-state index contributed by atoms with van der Waals surface area (Å²) in [6, 6.07) is 12.8. The van der Waals surface area contributed by atoms with Gasteiger partial charge in [-0.2, -0.15) is 13.2 Å². The second kappa shape index (κ2) is 8.54. The van der Waals surface area contributed by atoms with Gasteiger partial charge in [-0.05, 0) is 36.2 Å². The van der Waals surface area contributed by atoms with E-state index in [1.54, 1.807) is 13.1 Å². The Hall–Kier alpha value is -2.70. The van der Waals surface area contributed by atoms with E-state index in [9.17, 15) is 13.2 Å². The van der Waals surface area contributed by atoms with Crippen LogP contribution in [-0.2, 0) is 6.18 Å². The van der Waals surface area contributed by atoms with Gasteiger partial charge in [-0.3, -0.25) is 0 Å². The van der Waals surface area contributed by atoms with E-state index in [2.05, 4.69) is 22.5 Å². The topological polar surface area (TPSA) is 36.4 Å². The Kier molecular flexibility index (Phi) is 6.12. The Bertz CT molecular complexity index is 877. The molecule has 2 aromatic carbocycles. The predicted octanol–water partition coefficient (Wildman–Crippen LogP) is 5.44. The summed E-state index contributed by atoms with van der Waals surface area (Å²) in [6.45, 7) is 2.11. The Balaban J connectivity index is 2.03. The minimum absolute atomic E-state index is 0.0194. The molecular weight excluding hydrogens is 362 g/mol. The first-order valence-electron chi connectivity index (χ1n) is 9.36. The van der Waals surface area contributed by atoms with Crippen LogP contribution in [0.1, 0.15) is 36.1 Å². The molecule has 7 heteroatoms. The number of fused-ring (bicyclic) bond motifs is 1. The third-order valence-electron chi connectivity index (χ3n) is 4.73. The van der Waals surface area contributed by atoms with Crippen LogP contribution in [0.3, 0.4) is 0 Å². The summed E-state index contributed by atoms with van der Waals surface area (Å²) in [7, 11) is 1.72. The van der Waals surface area contributed by atoms with Gasteiger partial charge in [0.2, 0.25) is 0 Å². The minimum atomic E-state index is -4.41. The second-order valence-electron chi connectivity index (χ2n) is 6.78. The van der Waals surface area contributed by atoms with Crippen molar-refractivity contribution in [2.45, 2.75) is 31.9 Å². The van der Waals surface area contributed by atoms with Crippen LogP contribution in [0.5, 0.6) is 0 Å². The lowest BCUT2D eigenvalue weighted by Gasteiger charge is -2.30. The van der Waals surface area contributed by atoms with Gasteiger partial charge in [0, 0.05) is 24.0 Å². The summed E-state index contributed by atoms with van der Waals surface area (Å²) < 4.78 is 40.6. The van der Waals surface area contributed by atoms with E-state index in [1.165, 1.54) is 12.1 Å². The van der Waals surface area contributed by atoms with E-state index in [1.807, 2.05) is 36.5 Å². The Morgan fingerprint density at radius 1 is 1.14 bits per heavy atom. The van der Waals surface area contributed by atoms with E-state index in [4.69, 9.17) is 0 Å². The van der Waals surface area contributed by atoms with Crippen LogP contribution in [0, 0.1) is 0 Å². The van der Waals surface area contributed by atoms with E-state index in [0.717, 1.165) is 35.8 Å². The Labute approximate surface area is 163 Å². The molecule has 2 N–H and O–H groups in total. The van der Waals surface area contributed by atoms with Crippen LogP contribution in [0.25, 0.3) is 5.70 Å². The molecule has 28 heavy (non-hydrogen) atoms. The lowest BCUT2D eigenvalue weighted by molar-refractivity contribution is -0.138. The highest BCUT2D eigenvalue weighted by Gasteiger charge is 2.35. The quantitative estimate of drug-likeness (QED) is 0.513. The number of halogens is 3. The number of nitrogens with zero attached hydrogens (tertiary/aromatic N) is 1. The molecule has 0 bridgehead atoms. The van der Waals surface area contributed by atoms with Crippen LogP contribution < -0.4 is 10.5 Å². The predicted molar refractivity (Wildman–Crippen MR) is 111 cm³/mol. The van der Waals surface area contributed by atoms with E-state index in [-0.39, 0.29) is 12.4 Å². The molecule has 0 aromatic heterocycles. The van der Waals surface area contributed by atoms with Gasteiger partial charge in [-0.25, -0.2) is 0 Å². The van der Waals surface area contributed by atoms with Gasteiger partial charge in [-0.1, -0.05) is 49.7 Å². The van der Waals surface area contributed by atoms with E-state index >= 15 is 0 Å². The number of anilines is 1. The van der Waals surface area contributed by atoms with Crippen molar-refractivity contribution < 1.29 is 13.2 Å². The lowest BCUT2D eigenvalue weighted by atomic mass is 9.59. The number of aliphatic imine (C=N–C) groups is 1. The van der Waals surface area contributed by atoms with Crippen LogP contribution in [0.15, 0.2) is 59.6 Å². The molecule has 1 unspecified atom stereocenters. The average molecular weight is 385 g/mol. The summed E-state index contributed by atoms with van der Waals surface area (Å²) >= 11 is 0. The summed E-state index contributed by atoms with van der Waals surface area (Å²) in [4.78, 5) is 4.12. The average Bonchev–Trinajstić information content (AvgIpc) is 2.67. The molecule has 1 atom stereocenters. The maximum atomic E-state index is 13.5. The minimum Gasteiger partial charge on any atom is -0.423 e. The zero-order valence-corrected chi connectivity index (χ0v) is 15.9. The van der Waals surface area contributed by atoms with Gasteiger partial charge >= 0.3 is 6.18 Å². The number of hydrogen-bond acceptors (Lipinski definition) is 3. The molecule has 1 heterocycles. The summed E-state index contributed by atoms with van der Waals surface area (Å²) in [5.41, 5.74) is 2.14. The number of benzene rings is 2. The molecule has 0 fully saturated rings. The monoisotopic (exact) mass is 385 g/mol. The fourth-order valence-corrected chi connectivity index (χ4v) is 3.50. The van der Waals surface area contributed by atoms with Crippen molar-refractivity contribution in [3.8, 4) is 0 Å². The maximum Gasteiger partial charge on any atom is 0.416 e. The van der Waals surface area contributed by atoms with Crippen molar-refractivity contribution in [2.24, 2.45) is 4.99 Å². The zero-order valence-electron chi connectivity index (χ0n) is 15.9. The number of rotatable bonds is 6. The molecule has 0 saturated heterocycles. The van der Waals surface area contributed by atoms with Crippen LogP contribution in [0.2, 0.25) is 6.32 Å². The number of nitrogens with one attached hydrogen (secondary N) is 2. The fourth-order valence-electron chi connectivity index (χ4n) is 3.50. The zero-order chi connectivity index (χ0) is 20.1. The molecule has 0 spiro atoms. The summed E-state index contributed by atoms with van der Waals surface area (Å²) in [6.07, 6.45) is 1.12. The van der Waals surface area contributed by atoms with Gasteiger partial charge in [0.25, 0.3) is 6.85 Å². The highest BCUT2D eigenvalue weighted by Crippen LogP contribution is 2.39. The SMILES string of the molecule is CCCB(C=NC)NC1=CC(c2ccccc2C(F)(F)F)Nc2ccccc21. The standard InChI is InChI=1S/C21H23BF3N3/c1-3-12-22(14-26-2)28-20-13-19(27-18-11-7-5-9-16(18)20)15-8-4-6-10-17(15)21(23,24)25/h4-11,13-14,19,27-28H,3,12H2,1-2H3. The van der Waals surface area contributed by atoms with Crippen molar-refractivity contribution in [1.82, 2.24) is 5.23 Å². The molecule has 1 aliphatic rings. The number of hydrogen-bond donors (Lipinski definition) is 2. The smallest absolute Gasteiger partial charge is 0.416 e. The van der Waals surface area contributed by atoms with Crippen LogP contribution >= 0.6 is 0 Å². The van der Waals surface area contributed by atoms with Crippen molar-refractivity contribution in [2.75, 3.05) is 12.4 Å². The third-order valence-corrected chi connectivity index (χ3v) is 4.73. The molecule has 146 valence electrons. The molecule has 0 radical (unpaired) electrons. The normalized spacial score (nSPS) is 16.3. The van der Waals surface area contributed by atoms with Gasteiger partial charge < -0.3 is 15.5 Å². The van der Waals surface area contributed by atoms with Crippen LogP contribution in [0.4, 0.5) is 18.9 Å². The van der Waals surface area contributed by atoms with Crippen molar-refractivity contribution in [1.29, 1.82) is 0 Å². The fraction of sp³-hybridized carbons (Fsp3) is 0.286. The van der Waals surface area contributed by atoms with Crippen molar-refractivity contribution in [3.63, 3.8) is 0 Å². The van der Waals surface area contributed by atoms with Gasteiger partial charge in [0.05, 0.1) is 11.6 Å². The molecule has 3 rings (SSSR count). The first-order valence-corrected chi connectivity index (χ1v) is 9.36. The molecule has 3 nitrogen and oxygen atoms in total. The largest absolute Gasteiger partial charge is 0.423 e. The summed E-state index contributed by atoms with van der Waals surface area (Å²) in [5.74, 6) is 0.